The van der Waals surface area contributed by atoms with Gasteiger partial charge in [0.15, 0.2) is 11.6 Å². The molecule has 5 nitrogen and oxygen atoms in total. The Balaban J connectivity index is 1.92. The highest BCUT2D eigenvalue weighted by Crippen LogP contribution is 2.27. The van der Waals surface area contributed by atoms with Crippen LogP contribution in [0.2, 0.25) is 0 Å². The summed E-state index contributed by atoms with van der Waals surface area (Å²) in [5, 5.41) is 19.8. The Labute approximate surface area is 151 Å². The Bertz CT molecular complexity index is 1020. The molecule has 0 saturated carbocycles. The van der Waals surface area contributed by atoms with Crippen LogP contribution < -0.4 is 4.74 Å². The van der Waals surface area contributed by atoms with Gasteiger partial charge in [0.2, 0.25) is 0 Å². The lowest BCUT2D eigenvalue weighted by Crippen LogP contribution is -2.06. The van der Waals surface area contributed by atoms with Crippen LogP contribution in [0.15, 0.2) is 52.7 Å². The average molecular weight is 402 g/mol. The minimum atomic E-state index is -0.406. The summed E-state index contributed by atoms with van der Waals surface area (Å²) in [5.41, 5.74) is 1.60. The molecule has 1 aromatic heterocycles. The number of para-hydroxylation sites is 2. The van der Waals surface area contributed by atoms with Gasteiger partial charge in [0, 0.05) is 7.05 Å². The predicted molar refractivity (Wildman–Crippen MR) is 95.5 cm³/mol. The lowest BCUT2D eigenvalue weighted by atomic mass is 10.2. The fourth-order valence-corrected chi connectivity index (χ4v) is 2.89. The molecule has 0 unspecified atom stereocenters. The standard InChI is InChI=1S/C18H13BrFN3O2/c1-23-15-5-3-2-4-14(15)22-18(23)12(9-21)16(24)10-25-17-7-6-11(20)8-13(17)19/h2-8,24H,10H2,1H3/b16-12-. The van der Waals surface area contributed by atoms with Crippen LogP contribution in [0, 0.1) is 17.1 Å². The first-order chi connectivity index (χ1) is 12.0. The van der Waals surface area contributed by atoms with Crippen molar-refractivity contribution in [3.63, 3.8) is 0 Å². The number of aliphatic hydroxyl groups is 1. The molecule has 2 aromatic carbocycles. The highest BCUT2D eigenvalue weighted by molar-refractivity contribution is 9.10. The Morgan fingerprint density at radius 1 is 1.36 bits per heavy atom. The van der Waals surface area contributed by atoms with Crippen LogP contribution in [0.4, 0.5) is 4.39 Å². The molecular formula is C18H13BrFN3O2. The molecule has 25 heavy (non-hydrogen) atoms. The Morgan fingerprint density at radius 2 is 2.12 bits per heavy atom. The van der Waals surface area contributed by atoms with Crippen molar-refractivity contribution < 1.29 is 14.2 Å². The second-order valence-corrected chi connectivity index (χ2v) is 6.13. The number of allylic oxidation sites excluding steroid dienone is 1. The van der Waals surface area contributed by atoms with Gasteiger partial charge >= 0.3 is 0 Å². The smallest absolute Gasteiger partial charge is 0.155 e. The van der Waals surface area contributed by atoms with Gasteiger partial charge in [-0.15, -0.1) is 0 Å². The maximum Gasteiger partial charge on any atom is 0.155 e. The number of aryl methyl sites for hydroxylation is 1. The molecule has 0 radical (unpaired) electrons. The number of ether oxygens (including phenoxy) is 1. The monoisotopic (exact) mass is 401 g/mol. The van der Waals surface area contributed by atoms with Gasteiger partial charge in [0.1, 0.15) is 29.8 Å². The molecule has 0 bridgehead atoms. The van der Waals surface area contributed by atoms with Gasteiger partial charge < -0.3 is 14.4 Å². The van der Waals surface area contributed by atoms with E-state index < -0.39 is 5.82 Å². The highest BCUT2D eigenvalue weighted by Gasteiger charge is 2.17. The molecule has 1 heterocycles. The van der Waals surface area contributed by atoms with Crippen LogP contribution >= 0.6 is 15.9 Å². The van der Waals surface area contributed by atoms with Crippen molar-refractivity contribution in [2.75, 3.05) is 6.61 Å². The SMILES string of the molecule is Cn1c(/C(C#N)=C(\O)COc2ccc(F)cc2Br)nc2ccccc21. The molecule has 0 atom stereocenters. The van der Waals surface area contributed by atoms with E-state index in [0.29, 0.717) is 16.0 Å². The number of nitriles is 1. The van der Waals surface area contributed by atoms with Crippen molar-refractivity contribution in [1.29, 1.82) is 5.26 Å². The lowest BCUT2D eigenvalue weighted by molar-refractivity contribution is 0.271. The average Bonchev–Trinajstić information content (AvgIpc) is 2.92. The summed E-state index contributed by atoms with van der Waals surface area (Å²) in [6, 6.07) is 13.4. The van der Waals surface area contributed by atoms with Crippen molar-refractivity contribution in [2.45, 2.75) is 0 Å². The molecule has 1 N–H and O–H groups in total. The van der Waals surface area contributed by atoms with E-state index in [1.807, 2.05) is 30.3 Å². The number of hydrogen-bond donors (Lipinski definition) is 1. The Kier molecular flexibility index (Phi) is 4.72. The first-order valence-electron chi connectivity index (χ1n) is 7.33. The molecule has 3 rings (SSSR count). The number of aliphatic hydroxyl groups excluding tert-OH is 1. The molecule has 0 aliphatic rings. The summed E-state index contributed by atoms with van der Waals surface area (Å²) in [5.74, 6) is 0.0479. The second kappa shape index (κ2) is 6.95. The van der Waals surface area contributed by atoms with Crippen LogP contribution in [0.1, 0.15) is 5.82 Å². The summed E-state index contributed by atoms with van der Waals surface area (Å²) < 4.78 is 20.7. The number of aromatic nitrogens is 2. The molecule has 3 aromatic rings. The maximum atomic E-state index is 13.1. The van der Waals surface area contributed by atoms with E-state index in [9.17, 15) is 14.8 Å². The maximum absolute atomic E-state index is 13.1. The number of benzene rings is 2. The molecule has 0 amide bonds. The normalized spacial score (nSPS) is 11.9. The zero-order valence-corrected chi connectivity index (χ0v) is 14.8. The molecule has 0 aliphatic heterocycles. The molecular weight excluding hydrogens is 389 g/mol. The van der Waals surface area contributed by atoms with Crippen LogP contribution in [0.5, 0.6) is 5.75 Å². The van der Waals surface area contributed by atoms with Crippen molar-refractivity contribution >= 4 is 32.5 Å². The van der Waals surface area contributed by atoms with E-state index in [-0.39, 0.29) is 17.9 Å². The quantitative estimate of drug-likeness (QED) is 0.521. The van der Waals surface area contributed by atoms with Gasteiger partial charge in [-0.25, -0.2) is 9.37 Å². The van der Waals surface area contributed by atoms with Gasteiger partial charge in [0.25, 0.3) is 0 Å². The van der Waals surface area contributed by atoms with Crippen molar-refractivity contribution in [2.24, 2.45) is 7.05 Å². The first-order valence-corrected chi connectivity index (χ1v) is 8.12. The molecule has 0 saturated heterocycles. The molecule has 0 fully saturated rings. The summed E-state index contributed by atoms with van der Waals surface area (Å²) in [6.45, 7) is -0.240. The van der Waals surface area contributed by atoms with E-state index >= 15 is 0 Å². The molecule has 0 spiro atoms. The van der Waals surface area contributed by atoms with Crippen LogP contribution in [-0.2, 0) is 7.05 Å². The van der Waals surface area contributed by atoms with Gasteiger partial charge in [0.05, 0.1) is 15.5 Å². The van der Waals surface area contributed by atoms with Crippen molar-refractivity contribution in [1.82, 2.24) is 9.55 Å². The third-order valence-electron chi connectivity index (χ3n) is 3.67. The van der Waals surface area contributed by atoms with Gasteiger partial charge in [-0.3, -0.25) is 0 Å². The Hall–Kier alpha value is -2.85. The van der Waals surface area contributed by atoms with Crippen molar-refractivity contribution in [3.05, 3.63) is 64.3 Å². The largest absolute Gasteiger partial charge is 0.507 e. The van der Waals surface area contributed by atoms with Crippen LogP contribution in [0.25, 0.3) is 16.6 Å². The van der Waals surface area contributed by atoms with Gasteiger partial charge in [-0.1, -0.05) is 12.1 Å². The topological polar surface area (TPSA) is 71.1 Å². The minimum absolute atomic E-state index is 0.0249. The summed E-state index contributed by atoms with van der Waals surface area (Å²) in [6.07, 6.45) is 0. The van der Waals surface area contributed by atoms with E-state index in [2.05, 4.69) is 20.9 Å². The minimum Gasteiger partial charge on any atom is -0.507 e. The van der Waals surface area contributed by atoms with Gasteiger partial charge in [-0.2, -0.15) is 5.26 Å². The zero-order valence-electron chi connectivity index (χ0n) is 13.2. The Morgan fingerprint density at radius 3 is 2.80 bits per heavy atom. The highest BCUT2D eigenvalue weighted by atomic mass is 79.9. The number of hydrogen-bond acceptors (Lipinski definition) is 4. The third-order valence-corrected chi connectivity index (χ3v) is 4.29. The molecule has 126 valence electrons. The first kappa shape index (κ1) is 17.0. The second-order valence-electron chi connectivity index (χ2n) is 5.28. The fraction of sp³-hybridized carbons (Fsp3) is 0.111. The van der Waals surface area contributed by atoms with E-state index in [1.54, 1.807) is 11.6 Å². The summed E-state index contributed by atoms with van der Waals surface area (Å²) in [7, 11) is 1.77. The fourth-order valence-electron chi connectivity index (χ4n) is 2.42. The third kappa shape index (κ3) is 3.35. The lowest BCUT2D eigenvalue weighted by Gasteiger charge is -2.09. The number of nitrogens with zero attached hydrogens (tertiary/aromatic N) is 3. The summed E-state index contributed by atoms with van der Waals surface area (Å²) in [4.78, 5) is 4.40. The number of fused-ring (bicyclic) bond motifs is 1. The van der Waals surface area contributed by atoms with Gasteiger partial charge in [-0.05, 0) is 46.3 Å². The van der Waals surface area contributed by atoms with E-state index in [0.717, 1.165) is 11.0 Å². The summed E-state index contributed by atoms with van der Waals surface area (Å²) >= 11 is 3.19. The predicted octanol–water partition coefficient (Wildman–Crippen LogP) is 4.35. The number of imidazole rings is 1. The van der Waals surface area contributed by atoms with E-state index in [1.165, 1.54) is 18.2 Å². The number of rotatable bonds is 4. The molecule has 7 heteroatoms. The van der Waals surface area contributed by atoms with E-state index in [4.69, 9.17) is 4.74 Å². The number of halogens is 2. The zero-order chi connectivity index (χ0) is 18.0. The van der Waals surface area contributed by atoms with Crippen LogP contribution in [0.3, 0.4) is 0 Å². The molecule has 0 aliphatic carbocycles. The van der Waals surface area contributed by atoms with Crippen LogP contribution in [-0.4, -0.2) is 21.3 Å². The van der Waals surface area contributed by atoms with Crippen molar-refractivity contribution in [3.8, 4) is 11.8 Å².